The zero-order valence-electron chi connectivity index (χ0n) is 15.5. The molecule has 1 aliphatic heterocycles. The van der Waals surface area contributed by atoms with Crippen molar-refractivity contribution in [3.8, 4) is 0 Å². The average Bonchev–Trinajstić information content (AvgIpc) is 2.98. The first kappa shape index (κ1) is 18.7. The Labute approximate surface area is 152 Å². The van der Waals surface area contributed by atoms with E-state index in [4.69, 9.17) is 4.74 Å². The number of thioether (sulfide) groups is 1. The Hall–Kier alpha value is -0.0600. The quantitative estimate of drug-likeness (QED) is 0.714. The van der Waals surface area contributed by atoms with Gasteiger partial charge in [0.05, 0.1) is 12.1 Å². The van der Waals surface area contributed by atoms with E-state index in [9.17, 15) is 4.79 Å². The maximum Gasteiger partial charge on any atom is 0.147 e. The Kier molecular flexibility index (Phi) is 7.06. The first-order chi connectivity index (χ1) is 11.6. The van der Waals surface area contributed by atoms with E-state index in [0.29, 0.717) is 17.9 Å². The lowest BCUT2D eigenvalue weighted by Gasteiger charge is -2.31. The van der Waals surface area contributed by atoms with Crippen molar-refractivity contribution in [1.29, 1.82) is 0 Å². The molecule has 5 atom stereocenters. The van der Waals surface area contributed by atoms with Crippen LogP contribution in [-0.2, 0) is 9.53 Å². The molecule has 3 rings (SSSR count). The van der Waals surface area contributed by atoms with Gasteiger partial charge in [-0.3, -0.25) is 4.79 Å². The number of rotatable bonds is 8. The lowest BCUT2D eigenvalue weighted by molar-refractivity contribution is -0.118. The van der Waals surface area contributed by atoms with Gasteiger partial charge in [0.2, 0.25) is 0 Å². The van der Waals surface area contributed by atoms with Gasteiger partial charge in [-0.15, -0.1) is 0 Å². The summed E-state index contributed by atoms with van der Waals surface area (Å²) >= 11 is 1.99. The maximum atomic E-state index is 11.8. The Morgan fingerprint density at radius 3 is 2.67 bits per heavy atom. The fraction of sp³-hybridized carbons (Fsp3) is 0.950. The van der Waals surface area contributed by atoms with Gasteiger partial charge < -0.3 is 10.1 Å². The number of ether oxygens (including phenoxy) is 1. The topological polar surface area (TPSA) is 38.3 Å². The third-order valence-corrected chi connectivity index (χ3v) is 7.59. The van der Waals surface area contributed by atoms with Crippen LogP contribution in [0.25, 0.3) is 0 Å². The molecule has 0 bridgehead atoms. The number of ketones is 1. The molecule has 2 unspecified atom stereocenters. The molecule has 3 aliphatic rings. The van der Waals surface area contributed by atoms with Gasteiger partial charge in [0.1, 0.15) is 5.78 Å². The van der Waals surface area contributed by atoms with E-state index >= 15 is 0 Å². The molecule has 2 aliphatic carbocycles. The van der Waals surface area contributed by atoms with Crippen LogP contribution in [0.4, 0.5) is 0 Å². The summed E-state index contributed by atoms with van der Waals surface area (Å²) in [4.78, 5) is 11.8. The smallest absolute Gasteiger partial charge is 0.147 e. The summed E-state index contributed by atoms with van der Waals surface area (Å²) in [6.45, 7) is 5.00. The zero-order chi connectivity index (χ0) is 16.9. The number of carbonyl (C=O) groups excluding carboxylic acids is 1. The highest BCUT2D eigenvalue weighted by atomic mass is 32.2. The average molecular weight is 354 g/mol. The number of hydrogen-bond acceptors (Lipinski definition) is 4. The molecule has 0 spiro atoms. The van der Waals surface area contributed by atoms with Gasteiger partial charge in [-0.2, -0.15) is 11.8 Å². The standard InChI is InChI=1S/C20H35NO2S/c1-14-6-9-20(23-11-14)17-8-7-16(10-17)12-24-13-19(15(2)22)21-18-4-3-5-18/h14,16-21H,3-13H2,1-2H3/t14-,16?,17?,19-,20-/m0/s1. The van der Waals surface area contributed by atoms with Crippen LogP contribution in [0.15, 0.2) is 0 Å². The highest BCUT2D eigenvalue weighted by molar-refractivity contribution is 7.99. The van der Waals surface area contributed by atoms with Crippen molar-refractivity contribution in [3.05, 3.63) is 0 Å². The van der Waals surface area contributed by atoms with Crippen molar-refractivity contribution in [2.45, 2.75) is 83.4 Å². The van der Waals surface area contributed by atoms with Gasteiger partial charge in [-0.1, -0.05) is 13.3 Å². The summed E-state index contributed by atoms with van der Waals surface area (Å²) in [6.07, 6.45) is 11.0. The van der Waals surface area contributed by atoms with Gasteiger partial charge in [0, 0.05) is 18.4 Å². The molecule has 0 aromatic carbocycles. The molecule has 0 radical (unpaired) electrons. The molecule has 0 aromatic rings. The zero-order valence-corrected chi connectivity index (χ0v) is 16.3. The molecule has 24 heavy (non-hydrogen) atoms. The number of Topliss-reactive ketones (excluding diaryl/α,β-unsaturated/α-hetero) is 1. The summed E-state index contributed by atoms with van der Waals surface area (Å²) in [6, 6.07) is 0.668. The van der Waals surface area contributed by atoms with Crippen LogP contribution in [0.2, 0.25) is 0 Å². The Bertz CT molecular complexity index is 404. The second-order valence-electron chi connectivity index (χ2n) is 8.49. The van der Waals surface area contributed by atoms with Crippen molar-refractivity contribution >= 4 is 17.5 Å². The fourth-order valence-corrected chi connectivity index (χ4v) is 5.71. The van der Waals surface area contributed by atoms with Crippen molar-refractivity contribution in [2.75, 3.05) is 18.1 Å². The van der Waals surface area contributed by atoms with Crippen LogP contribution in [0.1, 0.15) is 65.2 Å². The van der Waals surface area contributed by atoms with Gasteiger partial charge in [0.15, 0.2) is 0 Å². The molecule has 3 nitrogen and oxygen atoms in total. The first-order valence-electron chi connectivity index (χ1n) is 10.1. The maximum absolute atomic E-state index is 11.8. The monoisotopic (exact) mass is 353 g/mol. The van der Waals surface area contributed by atoms with E-state index in [1.54, 1.807) is 6.92 Å². The third kappa shape index (κ3) is 5.22. The van der Waals surface area contributed by atoms with E-state index in [0.717, 1.165) is 30.1 Å². The van der Waals surface area contributed by atoms with E-state index in [1.165, 1.54) is 57.1 Å². The van der Waals surface area contributed by atoms with E-state index in [2.05, 4.69) is 12.2 Å². The summed E-state index contributed by atoms with van der Waals surface area (Å²) in [5.74, 6) is 4.85. The van der Waals surface area contributed by atoms with E-state index < -0.39 is 0 Å². The summed E-state index contributed by atoms with van der Waals surface area (Å²) in [5, 5.41) is 3.55. The first-order valence-corrected chi connectivity index (χ1v) is 11.2. The fourth-order valence-electron chi connectivity index (χ4n) is 4.37. The SMILES string of the molecule is CC(=O)[C@H](CSCC1CCC([C@@H]2CC[C@H](C)CO2)C1)NC1CCC1. The minimum Gasteiger partial charge on any atom is -0.378 e. The molecular formula is C20H35NO2S. The molecule has 138 valence electrons. The molecule has 4 heteroatoms. The van der Waals surface area contributed by atoms with Gasteiger partial charge >= 0.3 is 0 Å². The van der Waals surface area contributed by atoms with Gasteiger partial charge in [0.25, 0.3) is 0 Å². The van der Waals surface area contributed by atoms with Crippen LogP contribution in [0.5, 0.6) is 0 Å². The van der Waals surface area contributed by atoms with E-state index in [-0.39, 0.29) is 6.04 Å². The molecule has 1 heterocycles. The minimum atomic E-state index is 0.0701. The van der Waals surface area contributed by atoms with Crippen LogP contribution in [-0.4, -0.2) is 42.1 Å². The highest BCUT2D eigenvalue weighted by Crippen LogP contribution is 2.39. The lowest BCUT2D eigenvalue weighted by Crippen LogP contribution is -2.47. The molecule has 2 saturated carbocycles. The molecule has 1 saturated heterocycles. The summed E-state index contributed by atoms with van der Waals surface area (Å²) in [7, 11) is 0. The predicted octanol–water partition coefficient (Wildman–Crippen LogP) is 4.05. The summed E-state index contributed by atoms with van der Waals surface area (Å²) < 4.78 is 6.10. The van der Waals surface area contributed by atoms with Crippen molar-refractivity contribution in [1.82, 2.24) is 5.32 Å². The largest absolute Gasteiger partial charge is 0.378 e. The Morgan fingerprint density at radius 1 is 1.21 bits per heavy atom. The molecule has 0 aromatic heterocycles. The van der Waals surface area contributed by atoms with Gasteiger partial charge in [-0.25, -0.2) is 0 Å². The van der Waals surface area contributed by atoms with Crippen molar-refractivity contribution < 1.29 is 9.53 Å². The lowest BCUT2D eigenvalue weighted by atomic mass is 9.90. The highest BCUT2D eigenvalue weighted by Gasteiger charge is 2.33. The second-order valence-corrected chi connectivity index (χ2v) is 9.56. The summed E-state index contributed by atoms with van der Waals surface area (Å²) in [5.41, 5.74) is 0. The number of nitrogens with one attached hydrogen (secondary N) is 1. The van der Waals surface area contributed by atoms with Crippen molar-refractivity contribution in [3.63, 3.8) is 0 Å². The third-order valence-electron chi connectivity index (χ3n) is 6.32. The Balaban J connectivity index is 1.34. The van der Waals surface area contributed by atoms with Crippen LogP contribution >= 0.6 is 11.8 Å². The normalized spacial score (nSPS) is 35.6. The Morgan fingerprint density at radius 2 is 2.04 bits per heavy atom. The predicted molar refractivity (Wildman–Crippen MR) is 102 cm³/mol. The molecule has 3 fully saturated rings. The van der Waals surface area contributed by atoms with Crippen molar-refractivity contribution in [2.24, 2.45) is 17.8 Å². The van der Waals surface area contributed by atoms with Crippen LogP contribution in [0.3, 0.4) is 0 Å². The van der Waals surface area contributed by atoms with Gasteiger partial charge in [-0.05, 0) is 75.4 Å². The second kappa shape index (κ2) is 9.05. The van der Waals surface area contributed by atoms with E-state index in [1.807, 2.05) is 11.8 Å². The molecule has 1 N–H and O–H groups in total. The number of hydrogen-bond donors (Lipinski definition) is 1. The molecular weight excluding hydrogens is 318 g/mol. The molecule has 0 amide bonds. The number of carbonyl (C=O) groups is 1. The minimum absolute atomic E-state index is 0.0701. The van der Waals surface area contributed by atoms with Crippen LogP contribution < -0.4 is 5.32 Å². The van der Waals surface area contributed by atoms with Crippen LogP contribution in [0, 0.1) is 17.8 Å².